The van der Waals surface area contributed by atoms with E-state index in [1.165, 1.54) is 11.8 Å². The summed E-state index contributed by atoms with van der Waals surface area (Å²) in [6.45, 7) is 1.41. The molecule has 3 aromatic carbocycles. The molecule has 32 heavy (non-hydrogen) atoms. The first-order valence-corrected chi connectivity index (χ1v) is 11.1. The predicted molar refractivity (Wildman–Crippen MR) is 125 cm³/mol. The highest BCUT2D eigenvalue weighted by molar-refractivity contribution is 8.00. The van der Waals surface area contributed by atoms with Crippen LogP contribution in [0.15, 0.2) is 77.7 Å². The van der Waals surface area contributed by atoms with Gasteiger partial charge in [-0.2, -0.15) is 0 Å². The van der Waals surface area contributed by atoms with Crippen LogP contribution in [0.4, 0.5) is 11.4 Å². The van der Waals surface area contributed by atoms with Crippen molar-refractivity contribution in [1.82, 2.24) is 0 Å². The number of benzene rings is 3. The van der Waals surface area contributed by atoms with E-state index in [0.717, 1.165) is 16.0 Å². The molecule has 2 N–H and O–H groups in total. The van der Waals surface area contributed by atoms with Crippen molar-refractivity contribution in [3.63, 3.8) is 0 Å². The fourth-order valence-electron chi connectivity index (χ4n) is 3.35. The number of carbonyl (C=O) groups is 3. The Labute approximate surface area is 190 Å². The van der Waals surface area contributed by atoms with Gasteiger partial charge in [-0.25, -0.2) is 4.79 Å². The molecule has 1 unspecified atom stereocenters. The molecule has 0 fully saturated rings. The summed E-state index contributed by atoms with van der Waals surface area (Å²) < 4.78 is 5.19. The Hall–Kier alpha value is -3.58. The minimum absolute atomic E-state index is 0.110. The maximum atomic E-state index is 12.4. The number of fused-ring (bicyclic) bond motifs is 1. The van der Waals surface area contributed by atoms with E-state index in [9.17, 15) is 14.4 Å². The number of nitrogens with one attached hydrogen (secondary N) is 2. The summed E-state index contributed by atoms with van der Waals surface area (Å²) in [4.78, 5) is 37.6. The molecule has 1 aliphatic heterocycles. The van der Waals surface area contributed by atoms with Crippen LogP contribution in [0, 0.1) is 0 Å². The van der Waals surface area contributed by atoms with E-state index >= 15 is 0 Å². The number of hydrogen-bond donors (Lipinski definition) is 2. The molecule has 0 saturated carbocycles. The van der Waals surface area contributed by atoms with E-state index in [1.54, 1.807) is 18.2 Å². The second-order valence-corrected chi connectivity index (χ2v) is 8.79. The summed E-state index contributed by atoms with van der Waals surface area (Å²) in [7, 11) is 0. The molecule has 1 aliphatic rings. The first-order chi connectivity index (χ1) is 15.5. The fraction of sp³-hybridized carbons (Fsp3) is 0.160. The topological polar surface area (TPSA) is 84.5 Å². The Morgan fingerprint density at radius 1 is 1.03 bits per heavy atom. The lowest BCUT2D eigenvalue weighted by atomic mass is 10.0. The monoisotopic (exact) mass is 446 g/mol. The van der Waals surface area contributed by atoms with Crippen molar-refractivity contribution in [3.05, 3.63) is 89.5 Å². The fourth-order valence-corrected chi connectivity index (χ4v) is 4.28. The molecule has 4 rings (SSSR count). The predicted octanol–water partition coefficient (Wildman–Crippen LogP) is 4.51. The van der Waals surface area contributed by atoms with Crippen molar-refractivity contribution in [2.24, 2.45) is 0 Å². The van der Waals surface area contributed by atoms with Gasteiger partial charge in [-0.3, -0.25) is 9.59 Å². The standard InChI is InChI=1S/C25H22N2O4S/c1-16-24(29)27-21-14-19(11-12-22(21)32-16)25(30)31-15-23(28)26-20-10-6-5-9-18(20)13-17-7-3-2-4-8-17/h2-12,14,16H,13,15H2,1H3,(H,26,28)(H,27,29). The molecular formula is C25H22N2O4S. The van der Waals surface area contributed by atoms with Crippen LogP contribution in [-0.4, -0.2) is 29.6 Å². The van der Waals surface area contributed by atoms with Crippen LogP contribution in [0.2, 0.25) is 0 Å². The Morgan fingerprint density at radius 2 is 1.78 bits per heavy atom. The first-order valence-electron chi connectivity index (χ1n) is 10.2. The first kappa shape index (κ1) is 21.6. The van der Waals surface area contributed by atoms with Gasteiger partial charge < -0.3 is 15.4 Å². The zero-order valence-electron chi connectivity index (χ0n) is 17.5. The summed E-state index contributed by atoms with van der Waals surface area (Å²) >= 11 is 1.43. The van der Waals surface area contributed by atoms with Gasteiger partial charge >= 0.3 is 5.97 Å². The van der Waals surface area contributed by atoms with Crippen molar-refractivity contribution in [2.45, 2.75) is 23.5 Å². The number of carbonyl (C=O) groups excluding carboxylic acids is 3. The molecule has 0 radical (unpaired) electrons. The number of ether oxygens (including phenoxy) is 1. The van der Waals surface area contributed by atoms with Gasteiger partial charge in [-0.15, -0.1) is 11.8 Å². The van der Waals surface area contributed by atoms with Gasteiger partial charge in [0, 0.05) is 10.6 Å². The highest BCUT2D eigenvalue weighted by Gasteiger charge is 2.24. The Balaban J connectivity index is 1.36. The number of rotatable bonds is 6. The molecule has 2 amide bonds. The highest BCUT2D eigenvalue weighted by atomic mass is 32.2. The lowest BCUT2D eigenvalue weighted by Gasteiger charge is -2.21. The van der Waals surface area contributed by atoms with Crippen molar-refractivity contribution < 1.29 is 19.1 Å². The minimum atomic E-state index is -0.626. The third-order valence-corrected chi connectivity index (χ3v) is 6.19. The van der Waals surface area contributed by atoms with Gasteiger partial charge in [0.1, 0.15) is 0 Å². The van der Waals surface area contributed by atoms with Crippen molar-refractivity contribution >= 4 is 40.9 Å². The molecule has 1 heterocycles. The molecule has 0 saturated heterocycles. The third kappa shape index (κ3) is 5.18. The van der Waals surface area contributed by atoms with Gasteiger partial charge in [-0.05, 0) is 48.7 Å². The number of anilines is 2. The number of para-hydroxylation sites is 1. The molecule has 0 spiro atoms. The second-order valence-electron chi connectivity index (χ2n) is 7.40. The van der Waals surface area contributed by atoms with Crippen molar-refractivity contribution in [3.8, 4) is 0 Å². The number of amides is 2. The summed E-state index contributed by atoms with van der Waals surface area (Å²) in [6, 6.07) is 22.5. The molecule has 3 aromatic rings. The maximum Gasteiger partial charge on any atom is 0.338 e. The van der Waals surface area contributed by atoms with Gasteiger partial charge in [0.05, 0.1) is 16.5 Å². The van der Waals surface area contributed by atoms with Gasteiger partial charge in [0.15, 0.2) is 6.61 Å². The van der Waals surface area contributed by atoms with Crippen LogP contribution in [-0.2, 0) is 20.7 Å². The lowest BCUT2D eigenvalue weighted by Crippen LogP contribution is -2.26. The average molecular weight is 447 g/mol. The third-order valence-electron chi connectivity index (χ3n) is 5.01. The number of thioether (sulfide) groups is 1. The molecular weight excluding hydrogens is 424 g/mol. The molecule has 0 bridgehead atoms. The molecule has 1 atom stereocenters. The Kier molecular flexibility index (Phi) is 6.56. The summed E-state index contributed by atoms with van der Waals surface area (Å²) in [6.07, 6.45) is 0.675. The van der Waals surface area contributed by atoms with Crippen LogP contribution in [0.3, 0.4) is 0 Å². The van der Waals surface area contributed by atoms with E-state index < -0.39 is 18.5 Å². The second kappa shape index (κ2) is 9.70. The largest absolute Gasteiger partial charge is 0.452 e. The Bertz CT molecular complexity index is 1160. The van der Waals surface area contributed by atoms with Crippen molar-refractivity contribution in [2.75, 3.05) is 17.2 Å². The van der Waals surface area contributed by atoms with Gasteiger partial charge in [0.25, 0.3) is 5.91 Å². The van der Waals surface area contributed by atoms with Crippen LogP contribution >= 0.6 is 11.8 Å². The van der Waals surface area contributed by atoms with Gasteiger partial charge in [0.2, 0.25) is 5.91 Å². The van der Waals surface area contributed by atoms with Crippen molar-refractivity contribution in [1.29, 1.82) is 0 Å². The van der Waals surface area contributed by atoms with Crippen LogP contribution in [0.25, 0.3) is 0 Å². The summed E-state index contributed by atoms with van der Waals surface area (Å²) in [5.41, 5.74) is 3.63. The van der Waals surface area contributed by atoms with E-state index in [1.807, 2.05) is 61.5 Å². The van der Waals surface area contributed by atoms with Crippen LogP contribution in [0.1, 0.15) is 28.4 Å². The minimum Gasteiger partial charge on any atom is -0.452 e. The van der Waals surface area contributed by atoms with E-state index in [4.69, 9.17) is 4.74 Å². The summed E-state index contributed by atoms with van der Waals surface area (Å²) in [5.74, 6) is -1.16. The number of esters is 1. The zero-order valence-corrected chi connectivity index (χ0v) is 18.3. The molecule has 0 aromatic heterocycles. The van der Waals surface area contributed by atoms with Crippen LogP contribution in [0.5, 0.6) is 0 Å². The molecule has 0 aliphatic carbocycles. The maximum absolute atomic E-state index is 12.4. The Morgan fingerprint density at radius 3 is 2.59 bits per heavy atom. The van der Waals surface area contributed by atoms with E-state index in [0.29, 0.717) is 17.8 Å². The lowest BCUT2D eigenvalue weighted by molar-refractivity contribution is -0.119. The quantitative estimate of drug-likeness (QED) is 0.545. The van der Waals surface area contributed by atoms with E-state index in [-0.39, 0.29) is 16.7 Å². The summed E-state index contributed by atoms with van der Waals surface area (Å²) in [5, 5.41) is 5.42. The van der Waals surface area contributed by atoms with E-state index in [2.05, 4.69) is 10.6 Å². The molecule has 162 valence electrons. The molecule has 7 heteroatoms. The molecule has 6 nitrogen and oxygen atoms in total. The SMILES string of the molecule is CC1Sc2ccc(C(=O)OCC(=O)Nc3ccccc3Cc3ccccc3)cc2NC1=O. The smallest absolute Gasteiger partial charge is 0.338 e. The number of hydrogen-bond acceptors (Lipinski definition) is 5. The van der Waals surface area contributed by atoms with Gasteiger partial charge in [-0.1, -0.05) is 48.5 Å². The average Bonchev–Trinajstić information content (AvgIpc) is 2.80. The highest BCUT2D eigenvalue weighted by Crippen LogP contribution is 2.36. The van der Waals surface area contributed by atoms with Crippen LogP contribution < -0.4 is 10.6 Å². The zero-order chi connectivity index (χ0) is 22.5. The normalized spacial score (nSPS) is 14.8.